The summed E-state index contributed by atoms with van der Waals surface area (Å²) >= 11 is 0. The SMILES string of the molecule is C[C@@H](O)[C@@H]1CC[C@H]2[C@H]3CC[C@@H]4C[C@H](O)CC[C@]4(C)[C@@H]3CC[C@@]21C. The van der Waals surface area contributed by atoms with Gasteiger partial charge in [0.2, 0.25) is 0 Å². The predicted molar refractivity (Wildman–Crippen MR) is 92.9 cm³/mol. The quantitative estimate of drug-likeness (QED) is 0.752. The first-order valence-electron chi connectivity index (χ1n) is 10.2. The highest BCUT2D eigenvalue weighted by atomic mass is 16.3. The summed E-state index contributed by atoms with van der Waals surface area (Å²) < 4.78 is 0. The number of hydrogen-bond donors (Lipinski definition) is 2. The Morgan fingerprint density at radius 2 is 1.57 bits per heavy atom. The van der Waals surface area contributed by atoms with Crippen LogP contribution in [-0.4, -0.2) is 22.4 Å². The molecule has 0 bridgehead atoms. The van der Waals surface area contributed by atoms with Crippen LogP contribution >= 0.6 is 0 Å². The third-order valence-corrected chi connectivity index (χ3v) is 9.29. The fourth-order valence-corrected chi connectivity index (χ4v) is 8.07. The molecule has 0 amide bonds. The lowest BCUT2D eigenvalue weighted by atomic mass is 9.44. The molecule has 4 rings (SSSR count). The maximum Gasteiger partial charge on any atom is 0.0545 e. The zero-order valence-electron chi connectivity index (χ0n) is 15.3. The van der Waals surface area contributed by atoms with Crippen LogP contribution < -0.4 is 0 Å². The minimum Gasteiger partial charge on any atom is -0.393 e. The smallest absolute Gasteiger partial charge is 0.0545 e. The molecule has 4 aliphatic rings. The van der Waals surface area contributed by atoms with Crippen LogP contribution in [0, 0.1) is 40.4 Å². The van der Waals surface area contributed by atoms with Crippen LogP contribution in [-0.2, 0) is 0 Å². The second-order valence-corrected chi connectivity index (χ2v) is 10.1. The van der Waals surface area contributed by atoms with E-state index < -0.39 is 0 Å². The van der Waals surface area contributed by atoms with Crippen LogP contribution in [0.2, 0.25) is 0 Å². The molecule has 4 saturated carbocycles. The molecule has 0 aromatic rings. The van der Waals surface area contributed by atoms with Crippen molar-refractivity contribution in [3.63, 3.8) is 0 Å². The normalized spacial score (nSPS) is 57.3. The Balaban J connectivity index is 1.60. The molecule has 9 atom stereocenters. The largest absolute Gasteiger partial charge is 0.393 e. The van der Waals surface area contributed by atoms with Crippen molar-refractivity contribution >= 4 is 0 Å². The van der Waals surface area contributed by atoms with E-state index >= 15 is 0 Å². The zero-order valence-corrected chi connectivity index (χ0v) is 15.3. The highest BCUT2D eigenvalue weighted by Crippen LogP contribution is 2.67. The summed E-state index contributed by atoms with van der Waals surface area (Å²) in [6, 6.07) is 0. The monoisotopic (exact) mass is 320 g/mol. The van der Waals surface area contributed by atoms with Crippen LogP contribution in [0.15, 0.2) is 0 Å². The fourth-order valence-electron chi connectivity index (χ4n) is 8.07. The molecule has 0 heterocycles. The van der Waals surface area contributed by atoms with Crippen molar-refractivity contribution in [2.75, 3.05) is 0 Å². The third-order valence-electron chi connectivity index (χ3n) is 9.29. The van der Waals surface area contributed by atoms with Gasteiger partial charge in [0.05, 0.1) is 12.2 Å². The van der Waals surface area contributed by atoms with Crippen molar-refractivity contribution in [2.24, 2.45) is 40.4 Å². The second-order valence-electron chi connectivity index (χ2n) is 10.1. The first kappa shape index (κ1) is 16.4. The van der Waals surface area contributed by atoms with Crippen molar-refractivity contribution in [3.8, 4) is 0 Å². The van der Waals surface area contributed by atoms with E-state index in [-0.39, 0.29) is 12.2 Å². The van der Waals surface area contributed by atoms with Crippen molar-refractivity contribution in [3.05, 3.63) is 0 Å². The van der Waals surface area contributed by atoms with Gasteiger partial charge < -0.3 is 10.2 Å². The Morgan fingerprint density at radius 3 is 2.30 bits per heavy atom. The van der Waals surface area contributed by atoms with E-state index in [0.29, 0.717) is 16.7 Å². The van der Waals surface area contributed by atoms with Crippen LogP contribution in [0.25, 0.3) is 0 Å². The third kappa shape index (κ3) is 2.27. The van der Waals surface area contributed by atoms with Gasteiger partial charge in [0.25, 0.3) is 0 Å². The highest BCUT2D eigenvalue weighted by Gasteiger charge is 2.60. The van der Waals surface area contributed by atoms with Crippen molar-refractivity contribution in [1.82, 2.24) is 0 Å². The Kier molecular flexibility index (Phi) is 3.89. The average molecular weight is 321 g/mol. The topological polar surface area (TPSA) is 40.5 Å². The van der Waals surface area contributed by atoms with Gasteiger partial charge in [-0.2, -0.15) is 0 Å². The standard InChI is InChI=1S/C21H36O2/c1-13(22)17-6-7-18-16-5-4-14-12-15(23)8-10-20(14,2)19(16)9-11-21(17,18)3/h13-19,22-23H,4-12H2,1-3H3/t13-,14-,15-,16-,17+,18+,19-,20+,21-/m1/s1. The molecule has 2 heteroatoms. The first-order valence-corrected chi connectivity index (χ1v) is 10.2. The molecule has 2 nitrogen and oxygen atoms in total. The fraction of sp³-hybridized carbons (Fsp3) is 1.00. The lowest BCUT2D eigenvalue weighted by molar-refractivity contribution is -0.132. The maximum absolute atomic E-state index is 10.3. The Hall–Kier alpha value is -0.0800. The first-order chi connectivity index (χ1) is 10.9. The molecule has 0 radical (unpaired) electrons. The van der Waals surface area contributed by atoms with E-state index in [0.717, 1.165) is 36.5 Å². The summed E-state index contributed by atoms with van der Waals surface area (Å²) in [5, 5.41) is 20.4. The van der Waals surface area contributed by atoms with Gasteiger partial charge in [-0.25, -0.2) is 0 Å². The zero-order chi connectivity index (χ0) is 16.4. The Bertz CT molecular complexity index is 461. The molecular formula is C21H36O2. The molecule has 4 fully saturated rings. The lowest BCUT2D eigenvalue weighted by Crippen LogP contribution is -2.54. The molecule has 2 N–H and O–H groups in total. The minimum absolute atomic E-state index is 0.0374. The van der Waals surface area contributed by atoms with Gasteiger partial charge >= 0.3 is 0 Å². The van der Waals surface area contributed by atoms with Crippen LogP contribution in [0.3, 0.4) is 0 Å². The van der Waals surface area contributed by atoms with E-state index in [1.165, 1.54) is 44.9 Å². The van der Waals surface area contributed by atoms with Gasteiger partial charge in [0, 0.05) is 0 Å². The van der Waals surface area contributed by atoms with Gasteiger partial charge in [-0.1, -0.05) is 13.8 Å². The van der Waals surface area contributed by atoms with E-state index in [4.69, 9.17) is 0 Å². The van der Waals surface area contributed by atoms with E-state index in [1.807, 2.05) is 6.92 Å². The number of aliphatic hydroxyl groups excluding tert-OH is 2. The van der Waals surface area contributed by atoms with E-state index in [9.17, 15) is 10.2 Å². The molecule has 4 aliphatic carbocycles. The summed E-state index contributed by atoms with van der Waals surface area (Å²) in [5.74, 6) is 3.87. The Morgan fingerprint density at radius 1 is 0.870 bits per heavy atom. The molecule has 23 heavy (non-hydrogen) atoms. The molecule has 0 unspecified atom stereocenters. The number of fused-ring (bicyclic) bond motifs is 5. The molecule has 0 aliphatic heterocycles. The molecular weight excluding hydrogens is 284 g/mol. The van der Waals surface area contributed by atoms with E-state index in [1.54, 1.807) is 0 Å². The molecule has 0 spiro atoms. The summed E-state index contributed by atoms with van der Waals surface area (Å²) in [6.45, 7) is 7.08. The maximum atomic E-state index is 10.3. The number of aliphatic hydroxyl groups is 2. The summed E-state index contributed by atoms with van der Waals surface area (Å²) in [7, 11) is 0. The van der Waals surface area contributed by atoms with Gasteiger partial charge in [-0.05, 0) is 105 Å². The summed E-state index contributed by atoms with van der Waals surface area (Å²) in [6.07, 6.45) is 11.1. The van der Waals surface area contributed by atoms with Crippen LogP contribution in [0.1, 0.15) is 78.6 Å². The van der Waals surface area contributed by atoms with Gasteiger partial charge in [-0.15, -0.1) is 0 Å². The van der Waals surface area contributed by atoms with Crippen LogP contribution in [0.4, 0.5) is 0 Å². The van der Waals surface area contributed by atoms with Crippen molar-refractivity contribution in [2.45, 2.75) is 90.8 Å². The lowest BCUT2D eigenvalue weighted by Gasteiger charge is -2.61. The van der Waals surface area contributed by atoms with Gasteiger partial charge in [0.15, 0.2) is 0 Å². The van der Waals surface area contributed by atoms with E-state index in [2.05, 4.69) is 13.8 Å². The van der Waals surface area contributed by atoms with Gasteiger partial charge in [0.1, 0.15) is 0 Å². The Labute approximate surface area is 142 Å². The number of hydrogen-bond acceptors (Lipinski definition) is 2. The minimum atomic E-state index is -0.140. The predicted octanol–water partition coefficient (Wildman–Crippen LogP) is 4.39. The van der Waals surface area contributed by atoms with Gasteiger partial charge in [-0.3, -0.25) is 0 Å². The summed E-state index contributed by atoms with van der Waals surface area (Å²) in [5.41, 5.74) is 0.860. The molecule has 0 aromatic carbocycles. The number of rotatable bonds is 1. The average Bonchev–Trinajstić information content (AvgIpc) is 2.85. The van der Waals surface area contributed by atoms with Crippen molar-refractivity contribution in [1.29, 1.82) is 0 Å². The molecule has 0 saturated heterocycles. The van der Waals surface area contributed by atoms with Crippen molar-refractivity contribution < 1.29 is 10.2 Å². The second kappa shape index (κ2) is 5.46. The van der Waals surface area contributed by atoms with Crippen LogP contribution in [0.5, 0.6) is 0 Å². The summed E-state index contributed by atoms with van der Waals surface area (Å²) in [4.78, 5) is 0. The molecule has 132 valence electrons. The molecule has 0 aromatic heterocycles. The highest BCUT2D eigenvalue weighted by molar-refractivity contribution is 5.09.